The fraction of sp³-hybridized carbons (Fsp3) is 0.182. The number of hydrogen-bond donors (Lipinski definition) is 1. The molecule has 0 unspecified atom stereocenters. The Labute approximate surface area is 180 Å². The van der Waals surface area contributed by atoms with Gasteiger partial charge in [0.05, 0.1) is 25.3 Å². The van der Waals surface area contributed by atoms with Gasteiger partial charge in [-0.3, -0.25) is 9.52 Å². The summed E-state index contributed by atoms with van der Waals surface area (Å²) in [6, 6.07) is 17.0. The number of hydrazone groups is 1. The van der Waals surface area contributed by atoms with Gasteiger partial charge in [0.15, 0.2) is 0 Å². The van der Waals surface area contributed by atoms with E-state index in [1.165, 1.54) is 5.01 Å². The number of methoxy groups -OCH3 is 1. The number of furan rings is 1. The number of carbonyl (C=O) groups is 1. The van der Waals surface area contributed by atoms with Crippen molar-refractivity contribution in [1.29, 1.82) is 0 Å². The average Bonchev–Trinajstić information content (AvgIpc) is 3.42. The lowest BCUT2D eigenvalue weighted by Gasteiger charge is -2.20. The monoisotopic (exact) mass is 439 g/mol. The zero-order valence-electron chi connectivity index (χ0n) is 17.0. The van der Waals surface area contributed by atoms with Crippen molar-refractivity contribution in [2.24, 2.45) is 5.10 Å². The van der Waals surface area contributed by atoms with E-state index in [2.05, 4.69) is 9.82 Å². The molecule has 1 aromatic heterocycles. The second-order valence-corrected chi connectivity index (χ2v) is 8.86. The molecule has 0 fully saturated rings. The van der Waals surface area contributed by atoms with E-state index in [1.807, 2.05) is 6.07 Å². The fourth-order valence-electron chi connectivity index (χ4n) is 3.41. The molecule has 0 saturated heterocycles. The van der Waals surface area contributed by atoms with E-state index < -0.39 is 16.1 Å². The van der Waals surface area contributed by atoms with Gasteiger partial charge in [-0.1, -0.05) is 18.2 Å². The zero-order valence-corrected chi connectivity index (χ0v) is 17.8. The molecule has 31 heavy (non-hydrogen) atoms. The molecule has 0 aliphatic carbocycles. The van der Waals surface area contributed by atoms with Crippen LogP contribution in [0.2, 0.25) is 0 Å². The molecule has 3 aromatic rings. The summed E-state index contributed by atoms with van der Waals surface area (Å²) in [5.74, 6) is 0.939. The van der Waals surface area contributed by atoms with Crippen LogP contribution in [0, 0.1) is 0 Å². The number of amides is 1. The summed E-state index contributed by atoms with van der Waals surface area (Å²) in [5.41, 5.74) is 2.39. The second kappa shape index (κ2) is 8.27. The molecule has 1 amide bonds. The van der Waals surface area contributed by atoms with Crippen LogP contribution in [-0.2, 0) is 10.0 Å². The molecule has 9 heteroatoms. The highest BCUT2D eigenvalue weighted by molar-refractivity contribution is 7.92. The molecule has 2 aromatic carbocycles. The lowest BCUT2D eigenvalue weighted by Crippen LogP contribution is -2.26. The topological polar surface area (TPSA) is 101 Å². The lowest BCUT2D eigenvalue weighted by molar-refractivity contribution is 0.0692. The molecule has 0 spiro atoms. The zero-order chi connectivity index (χ0) is 22.0. The van der Waals surface area contributed by atoms with Gasteiger partial charge in [-0.05, 0) is 48.0 Å². The smallest absolute Gasteiger partial charge is 0.274 e. The number of ether oxygens (including phenoxy) is 1. The van der Waals surface area contributed by atoms with Crippen molar-refractivity contribution >= 4 is 27.3 Å². The first-order valence-corrected chi connectivity index (χ1v) is 11.4. The van der Waals surface area contributed by atoms with Crippen LogP contribution in [0.4, 0.5) is 5.69 Å². The molecule has 1 N–H and O–H groups in total. The van der Waals surface area contributed by atoms with Gasteiger partial charge in [-0.25, -0.2) is 13.4 Å². The summed E-state index contributed by atoms with van der Waals surface area (Å²) in [7, 11) is -1.81. The van der Waals surface area contributed by atoms with Crippen LogP contribution in [0.15, 0.2) is 76.4 Å². The number of hydrogen-bond acceptors (Lipinski definition) is 6. The summed E-state index contributed by atoms with van der Waals surface area (Å²) < 4.78 is 36.1. The van der Waals surface area contributed by atoms with Crippen molar-refractivity contribution in [3.63, 3.8) is 0 Å². The maximum Gasteiger partial charge on any atom is 0.274 e. The van der Waals surface area contributed by atoms with Gasteiger partial charge < -0.3 is 9.15 Å². The first-order chi connectivity index (χ1) is 14.8. The highest BCUT2D eigenvalue weighted by atomic mass is 32.2. The van der Waals surface area contributed by atoms with Gasteiger partial charge in [-0.2, -0.15) is 5.10 Å². The number of nitrogens with zero attached hydrogens (tertiary/aromatic N) is 2. The Morgan fingerprint density at radius 3 is 2.58 bits per heavy atom. The van der Waals surface area contributed by atoms with E-state index in [0.29, 0.717) is 34.9 Å². The molecule has 1 aliphatic heterocycles. The van der Waals surface area contributed by atoms with E-state index in [1.54, 1.807) is 68.0 Å². The van der Waals surface area contributed by atoms with Gasteiger partial charge in [0.2, 0.25) is 10.0 Å². The predicted molar refractivity (Wildman–Crippen MR) is 117 cm³/mol. The SMILES string of the molecule is COc1cccc(C(=O)N2N=C(c3ccc(NS(C)(=O)=O)cc3)C[C@@H]2c2ccco2)c1. The molecule has 4 rings (SSSR count). The summed E-state index contributed by atoms with van der Waals surface area (Å²) in [6.45, 7) is 0. The van der Waals surface area contributed by atoms with Crippen molar-refractivity contribution in [1.82, 2.24) is 5.01 Å². The number of benzene rings is 2. The van der Waals surface area contributed by atoms with Gasteiger partial charge in [0.25, 0.3) is 5.91 Å². The standard InChI is InChI=1S/C22H21N3O5S/c1-29-18-6-3-5-16(13-18)22(26)25-20(21-7-4-12-30-21)14-19(23-25)15-8-10-17(11-9-15)24-31(2,27)28/h3-13,20,24H,14H2,1-2H3/t20-/m1/s1. The fourth-order valence-corrected chi connectivity index (χ4v) is 3.97. The molecule has 8 nitrogen and oxygen atoms in total. The van der Waals surface area contributed by atoms with E-state index >= 15 is 0 Å². The second-order valence-electron chi connectivity index (χ2n) is 7.12. The van der Waals surface area contributed by atoms with Gasteiger partial charge in [0.1, 0.15) is 17.6 Å². The Bertz CT molecular complexity index is 1220. The van der Waals surface area contributed by atoms with Crippen molar-refractivity contribution in [3.05, 3.63) is 83.8 Å². The molecule has 1 aliphatic rings. The summed E-state index contributed by atoms with van der Waals surface area (Å²) in [4.78, 5) is 13.3. The quantitative estimate of drug-likeness (QED) is 0.632. The van der Waals surface area contributed by atoms with Crippen molar-refractivity contribution in [2.45, 2.75) is 12.5 Å². The van der Waals surface area contributed by atoms with Crippen molar-refractivity contribution in [3.8, 4) is 5.75 Å². The minimum Gasteiger partial charge on any atom is -0.497 e. The normalized spacial score (nSPS) is 16.1. The lowest BCUT2D eigenvalue weighted by atomic mass is 10.0. The van der Waals surface area contributed by atoms with E-state index in [0.717, 1.165) is 11.8 Å². The molecular weight excluding hydrogens is 418 g/mol. The Hall–Kier alpha value is -3.59. The molecule has 1 atom stereocenters. The Balaban J connectivity index is 1.65. The number of carbonyl (C=O) groups excluding carboxylic acids is 1. The van der Waals surface area contributed by atoms with Crippen LogP contribution in [0.1, 0.15) is 34.1 Å². The van der Waals surface area contributed by atoms with Crippen LogP contribution in [-0.4, -0.2) is 38.4 Å². The number of nitrogens with one attached hydrogen (secondary N) is 1. The van der Waals surface area contributed by atoms with E-state index in [-0.39, 0.29) is 5.91 Å². The third-order valence-electron chi connectivity index (χ3n) is 4.83. The summed E-state index contributed by atoms with van der Waals surface area (Å²) in [5, 5.41) is 6.01. The molecule has 0 saturated carbocycles. The molecule has 0 radical (unpaired) electrons. The van der Waals surface area contributed by atoms with Gasteiger partial charge in [-0.15, -0.1) is 0 Å². The van der Waals surface area contributed by atoms with Gasteiger partial charge in [0, 0.05) is 17.7 Å². The highest BCUT2D eigenvalue weighted by Crippen LogP contribution is 2.34. The third-order valence-corrected chi connectivity index (χ3v) is 5.43. The molecule has 160 valence electrons. The average molecular weight is 439 g/mol. The Morgan fingerprint density at radius 1 is 1.16 bits per heavy atom. The van der Waals surface area contributed by atoms with Crippen LogP contribution in [0.25, 0.3) is 0 Å². The summed E-state index contributed by atoms with van der Waals surface area (Å²) >= 11 is 0. The highest BCUT2D eigenvalue weighted by Gasteiger charge is 2.35. The van der Waals surface area contributed by atoms with Crippen molar-refractivity contribution < 1.29 is 22.4 Å². The number of sulfonamides is 1. The minimum atomic E-state index is -3.36. The van der Waals surface area contributed by atoms with Crippen molar-refractivity contribution in [2.75, 3.05) is 18.1 Å². The first kappa shape index (κ1) is 20.7. The van der Waals surface area contributed by atoms with Gasteiger partial charge >= 0.3 is 0 Å². The molecule has 0 bridgehead atoms. The van der Waals surface area contributed by atoms with E-state index in [9.17, 15) is 13.2 Å². The minimum absolute atomic E-state index is 0.273. The molecule has 2 heterocycles. The predicted octanol–water partition coefficient (Wildman–Crippen LogP) is 3.65. The molecular formula is C22H21N3O5S. The maximum absolute atomic E-state index is 13.3. The Morgan fingerprint density at radius 2 is 1.94 bits per heavy atom. The third kappa shape index (κ3) is 4.61. The number of anilines is 1. The van der Waals surface area contributed by atoms with Crippen LogP contribution >= 0.6 is 0 Å². The maximum atomic E-state index is 13.3. The van der Waals surface area contributed by atoms with E-state index in [4.69, 9.17) is 9.15 Å². The summed E-state index contributed by atoms with van der Waals surface area (Å²) in [6.07, 6.45) is 3.12. The Kier molecular flexibility index (Phi) is 5.51. The van der Waals surface area contributed by atoms with Crippen LogP contribution in [0.3, 0.4) is 0 Å². The largest absolute Gasteiger partial charge is 0.497 e. The first-order valence-electron chi connectivity index (χ1n) is 9.51. The van der Waals surface area contributed by atoms with Crippen LogP contribution < -0.4 is 9.46 Å². The van der Waals surface area contributed by atoms with Crippen LogP contribution in [0.5, 0.6) is 5.75 Å². The number of rotatable bonds is 6.